The third kappa shape index (κ3) is 3.22. The van der Waals surface area contributed by atoms with Gasteiger partial charge in [0.25, 0.3) is 0 Å². The first-order valence-corrected chi connectivity index (χ1v) is 10.1. The fourth-order valence-electron chi connectivity index (χ4n) is 3.41. The van der Waals surface area contributed by atoms with E-state index in [0.29, 0.717) is 0 Å². The van der Waals surface area contributed by atoms with Gasteiger partial charge in [-0.25, -0.2) is 0 Å². The Hall–Kier alpha value is -1.02. The minimum Gasteiger partial charge on any atom is -0.376 e. The minimum absolute atomic E-state index is 0.0608. The van der Waals surface area contributed by atoms with Crippen LogP contribution in [0.4, 0.5) is 0 Å². The summed E-state index contributed by atoms with van der Waals surface area (Å²) >= 11 is 11.0. The number of thiocarbonyl (C=S) groups is 1. The van der Waals surface area contributed by atoms with Gasteiger partial charge in [-0.15, -0.1) is 11.3 Å². The van der Waals surface area contributed by atoms with Gasteiger partial charge in [-0.3, -0.25) is 4.98 Å². The normalized spacial score (nSPS) is 26.8. The van der Waals surface area contributed by atoms with Crippen molar-refractivity contribution in [1.82, 2.24) is 15.2 Å². The van der Waals surface area contributed by atoms with Crippen molar-refractivity contribution >= 4 is 44.6 Å². The van der Waals surface area contributed by atoms with Crippen LogP contribution in [0, 0.1) is 0 Å². The average Bonchev–Trinajstić information content (AvgIpc) is 3.31. The van der Waals surface area contributed by atoms with E-state index < -0.39 is 0 Å². The number of rotatable bonds is 4. The molecule has 4 rings (SSSR count). The van der Waals surface area contributed by atoms with Crippen LogP contribution in [-0.2, 0) is 4.74 Å². The Morgan fingerprint density at radius 2 is 2.29 bits per heavy atom. The highest BCUT2D eigenvalue weighted by atomic mass is 79.9. The van der Waals surface area contributed by atoms with Crippen molar-refractivity contribution in [1.29, 1.82) is 0 Å². The molecule has 0 saturated carbocycles. The molecule has 4 nitrogen and oxygen atoms in total. The second-order valence-corrected chi connectivity index (χ2v) is 8.94. The van der Waals surface area contributed by atoms with Gasteiger partial charge in [-0.2, -0.15) is 0 Å². The summed E-state index contributed by atoms with van der Waals surface area (Å²) in [5.41, 5.74) is 1.02. The molecule has 0 bridgehead atoms. The van der Waals surface area contributed by atoms with Gasteiger partial charge < -0.3 is 15.0 Å². The first-order valence-electron chi connectivity index (χ1n) is 8.07. The zero-order valence-corrected chi connectivity index (χ0v) is 16.2. The molecule has 7 heteroatoms. The van der Waals surface area contributed by atoms with Gasteiger partial charge in [-0.05, 0) is 65.3 Å². The van der Waals surface area contributed by atoms with Crippen molar-refractivity contribution in [3.8, 4) is 0 Å². The van der Waals surface area contributed by atoms with Crippen molar-refractivity contribution < 1.29 is 4.74 Å². The summed E-state index contributed by atoms with van der Waals surface area (Å²) in [5, 5.41) is 4.27. The van der Waals surface area contributed by atoms with Crippen LogP contribution in [0.3, 0.4) is 0 Å². The maximum Gasteiger partial charge on any atom is 0.170 e. The molecule has 2 fully saturated rings. The molecule has 0 unspecified atom stereocenters. The SMILES string of the molecule is S=C1N[C@H](c2ccccn2)[C@@H](c2ccc(Br)s2)N1C[C@@H]1CCCO1. The molecule has 0 aliphatic carbocycles. The van der Waals surface area contributed by atoms with Crippen LogP contribution in [0.25, 0.3) is 0 Å². The van der Waals surface area contributed by atoms with Gasteiger partial charge >= 0.3 is 0 Å². The summed E-state index contributed by atoms with van der Waals surface area (Å²) in [4.78, 5) is 8.12. The van der Waals surface area contributed by atoms with Crippen LogP contribution in [0.15, 0.2) is 40.3 Å². The Morgan fingerprint density at radius 3 is 2.96 bits per heavy atom. The summed E-state index contributed by atoms with van der Waals surface area (Å²) in [6, 6.07) is 10.5. The highest BCUT2D eigenvalue weighted by molar-refractivity contribution is 9.11. The van der Waals surface area contributed by atoms with Gasteiger partial charge in [-0.1, -0.05) is 6.07 Å². The molecule has 2 aromatic rings. The van der Waals surface area contributed by atoms with Crippen molar-refractivity contribution in [2.24, 2.45) is 0 Å². The molecule has 24 heavy (non-hydrogen) atoms. The number of nitrogens with one attached hydrogen (secondary N) is 1. The largest absolute Gasteiger partial charge is 0.376 e. The van der Waals surface area contributed by atoms with E-state index in [2.05, 4.69) is 49.3 Å². The zero-order valence-electron chi connectivity index (χ0n) is 13.0. The first kappa shape index (κ1) is 16.4. The highest BCUT2D eigenvalue weighted by Gasteiger charge is 2.41. The number of aromatic nitrogens is 1. The van der Waals surface area contributed by atoms with Crippen molar-refractivity contribution in [3.63, 3.8) is 0 Å². The second kappa shape index (κ2) is 7.07. The Bertz CT molecular complexity index is 718. The van der Waals surface area contributed by atoms with Crippen molar-refractivity contribution in [2.45, 2.75) is 31.0 Å². The molecule has 2 aromatic heterocycles. The smallest absolute Gasteiger partial charge is 0.170 e. The lowest BCUT2D eigenvalue weighted by molar-refractivity contribution is 0.0846. The van der Waals surface area contributed by atoms with Crippen LogP contribution < -0.4 is 5.32 Å². The van der Waals surface area contributed by atoms with E-state index in [1.807, 2.05) is 18.3 Å². The quantitative estimate of drug-likeness (QED) is 0.750. The lowest BCUT2D eigenvalue weighted by Gasteiger charge is -2.28. The fourth-order valence-corrected chi connectivity index (χ4v) is 5.30. The van der Waals surface area contributed by atoms with Crippen molar-refractivity contribution in [3.05, 3.63) is 50.9 Å². The third-order valence-corrected chi connectivity index (χ3v) is 6.55. The van der Waals surface area contributed by atoms with Gasteiger partial charge in [0.05, 0.1) is 27.7 Å². The van der Waals surface area contributed by atoms with Crippen LogP contribution in [-0.4, -0.2) is 34.3 Å². The molecule has 1 N–H and O–H groups in total. The van der Waals surface area contributed by atoms with E-state index >= 15 is 0 Å². The lowest BCUT2D eigenvalue weighted by atomic mass is 10.0. The molecule has 0 radical (unpaired) electrons. The minimum atomic E-state index is 0.0608. The van der Waals surface area contributed by atoms with E-state index in [0.717, 1.165) is 40.6 Å². The molecule has 2 saturated heterocycles. The summed E-state index contributed by atoms with van der Waals surface area (Å²) in [6.07, 6.45) is 4.34. The lowest BCUT2D eigenvalue weighted by Crippen LogP contribution is -2.36. The van der Waals surface area contributed by atoms with Gasteiger partial charge in [0, 0.05) is 24.2 Å². The number of ether oxygens (including phenoxy) is 1. The summed E-state index contributed by atoms with van der Waals surface area (Å²) in [6.45, 7) is 1.69. The molecule has 0 aromatic carbocycles. The Morgan fingerprint density at radius 1 is 1.38 bits per heavy atom. The van der Waals surface area contributed by atoms with Crippen LogP contribution in [0.1, 0.15) is 35.5 Å². The van der Waals surface area contributed by atoms with Gasteiger partial charge in [0.2, 0.25) is 0 Å². The predicted molar refractivity (Wildman–Crippen MR) is 103 cm³/mol. The fraction of sp³-hybridized carbons (Fsp3) is 0.412. The maximum absolute atomic E-state index is 5.84. The summed E-state index contributed by atoms with van der Waals surface area (Å²) in [7, 11) is 0. The topological polar surface area (TPSA) is 37.4 Å². The number of hydrogen-bond donors (Lipinski definition) is 1. The molecular weight excluding hydrogens is 406 g/mol. The van der Waals surface area contributed by atoms with Crippen LogP contribution >= 0.6 is 39.5 Å². The molecule has 3 atom stereocenters. The van der Waals surface area contributed by atoms with Crippen LogP contribution in [0.5, 0.6) is 0 Å². The molecule has 0 amide bonds. The molecule has 2 aliphatic heterocycles. The second-order valence-electron chi connectivity index (χ2n) is 6.06. The van der Waals surface area contributed by atoms with Crippen LogP contribution in [0.2, 0.25) is 0 Å². The zero-order chi connectivity index (χ0) is 16.5. The number of nitrogens with zero attached hydrogens (tertiary/aromatic N) is 2. The van der Waals surface area contributed by atoms with E-state index in [4.69, 9.17) is 17.0 Å². The van der Waals surface area contributed by atoms with Gasteiger partial charge in [0.15, 0.2) is 5.11 Å². The highest BCUT2D eigenvalue weighted by Crippen LogP contribution is 2.42. The number of pyridine rings is 1. The molecule has 2 aliphatic rings. The van der Waals surface area contributed by atoms with Crippen molar-refractivity contribution in [2.75, 3.05) is 13.2 Å². The third-order valence-electron chi connectivity index (χ3n) is 4.51. The van der Waals surface area contributed by atoms with E-state index in [-0.39, 0.29) is 18.2 Å². The van der Waals surface area contributed by atoms with E-state index in [1.165, 1.54) is 4.88 Å². The maximum atomic E-state index is 5.84. The number of halogens is 1. The average molecular weight is 424 g/mol. The predicted octanol–water partition coefficient (Wildman–Crippen LogP) is 4.06. The number of thiophene rings is 1. The molecule has 4 heterocycles. The summed E-state index contributed by atoms with van der Waals surface area (Å²) in [5.74, 6) is 0. The monoisotopic (exact) mass is 423 g/mol. The van der Waals surface area contributed by atoms with Gasteiger partial charge in [0.1, 0.15) is 0 Å². The number of hydrogen-bond acceptors (Lipinski definition) is 4. The molecule has 126 valence electrons. The Balaban J connectivity index is 1.67. The van der Waals surface area contributed by atoms with E-state index in [9.17, 15) is 0 Å². The Labute approximate surface area is 159 Å². The molecule has 0 spiro atoms. The summed E-state index contributed by atoms with van der Waals surface area (Å²) < 4.78 is 6.97. The Kier molecular flexibility index (Phi) is 4.85. The molecular formula is C17H18BrN3OS2. The van der Waals surface area contributed by atoms with E-state index in [1.54, 1.807) is 11.3 Å². The first-order chi connectivity index (χ1) is 11.7. The standard InChI is InChI=1S/C17H18BrN3OS2/c18-14-7-6-13(24-14)16-15(12-5-1-2-8-19-12)20-17(23)21(16)10-11-4-3-9-22-11/h1-2,5-8,11,15-16H,3-4,9-10H2,(H,20,23)/t11-,15+,16+/m0/s1.